The third kappa shape index (κ3) is 5.43. The molecular formula is C25H33NO5. The van der Waals surface area contributed by atoms with Crippen LogP contribution in [0.4, 0.5) is 4.79 Å². The van der Waals surface area contributed by atoms with Crippen molar-refractivity contribution in [2.24, 2.45) is 0 Å². The number of nitrogens with zero attached hydrogens (tertiary/aromatic N) is 1. The minimum atomic E-state index is -0.514. The standard InChI is InChI=1S/C25H33NO5/c1-24(2,3)31-23(29)26-14-6-7-18(26)16-30-20-11-8-17(9-12-20)25(4,5)21-13-10-19(27)15-22(21)28/h8-13,15,18,27-28H,6-7,14,16H2,1-5H3/t18-/m1/s1. The molecule has 0 unspecified atom stereocenters. The molecule has 0 aromatic heterocycles. The van der Waals surface area contributed by atoms with Gasteiger partial charge in [0, 0.05) is 23.6 Å². The Morgan fingerprint density at radius 3 is 2.35 bits per heavy atom. The van der Waals surface area contributed by atoms with E-state index in [2.05, 4.69) is 0 Å². The molecule has 3 rings (SSSR count). The third-order valence-electron chi connectivity index (χ3n) is 5.68. The van der Waals surface area contributed by atoms with E-state index < -0.39 is 11.0 Å². The van der Waals surface area contributed by atoms with Crippen molar-refractivity contribution in [3.63, 3.8) is 0 Å². The number of rotatable bonds is 5. The Morgan fingerprint density at radius 2 is 1.74 bits per heavy atom. The van der Waals surface area contributed by atoms with Gasteiger partial charge >= 0.3 is 6.09 Å². The highest BCUT2D eigenvalue weighted by atomic mass is 16.6. The van der Waals surface area contributed by atoms with Crippen molar-refractivity contribution in [3.8, 4) is 17.2 Å². The molecule has 2 N–H and O–H groups in total. The summed E-state index contributed by atoms with van der Waals surface area (Å²) in [6, 6.07) is 12.4. The van der Waals surface area contributed by atoms with Gasteiger partial charge in [-0.15, -0.1) is 0 Å². The Labute approximate surface area is 184 Å². The lowest BCUT2D eigenvalue weighted by molar-refractivity contribution is 0.0187. The van der Waals surface area contributed by atoms with Crippen LogP contribution in [0.25, 0.3) is 0 Å². The molecule has 0 aliphatic carbocycles. The fraction of sp³-hybridized carbons (Fsp3) is 0.480. The minimum Gasteiger partial charge on any atom is -0.508 e. The van der Waals surface area contributed by atoms with Gasteiger partial charge in [0.2, 0.25) is 0 Å². The molecule has 1 amide bonds. The average Bonchev–Trinajstić information content (AvgIpc) is 3.14. The molecule has 0 bridgehead atoms. The maximum Gasteiger partial charge on any atom is 0.410 e. The first kappa shape index (κ1) is 22.8. The number of likely N-dealkylation sites (tertiary alicyclic amines) is 1. The predicted molar refractivity (Wildman–Crippen MR) is 120 cm³/mol. The molecule has 0 saturated carbocycles. The highest BCUT2D eigenvalue weighted by molar-refractivity contribution is 5.69. The number of ether oxygens (including phenoxy) is 2. The number of carbonyl (C=O) groups excluding carboxylic acids is 1. The van der Waals surface area contributed by atoms with Crippen molar-refractivity contribution in [1.29, 1.82) is 0 Å². The van der Waals surface area contributed by atoms with Crippen molar-refractivity contribution >= 4 is 6.09 Å². The molecule has 0 radical (unpaired) electrons. The van der Waals surface area contributed by atoms with Crippen LogP contribution < -0.4 is 4.74 Å². The molecule has 1 aliphatic rings. The van der Waals surface area contributed by atoms with E-state index in [1.54, 1.807) is 17.0 Å². The van der Waals surface area contributed by atoms with Gasteiger partial charge in [-0.3, -0.25) is 0 Å². The molecule has 6 nitrogen and oxygen atoms in total. The van der Waals surface area contributed by atoms with Gasteiger partial charge < -0.3 is 24.6 Å². The van der Waals surface area contributed by atoms with E-state index in [0.717, 1.165) is 29.7 Å². The summed E-state index contributed by atoms with van der Waals surface area (Å²) in [6.07, 6.45) is 1.55. The van der Waals surface area contributed by atoms with Crippen molar-refractivity contribution in [3.05, 3.63) is 53.6 Å². The van der Waals surface area contributed by atoms with Crippen molar-refractivity contribution in [2.45, 2.75) is 64.5 Å². The zero-order valence-corrected chi connectivity index (χ0v) is 19.0. The minimum absolute atomic E-state index is 0.0000825. The summed E-state index contributed by atoms with van der Waals surface area (Å²) in [4.78, 5) is 14.2. The number of phenols is 2. The zero-order chi connectivity index (χ0) is 22.8. The largest absolute Gasteiger partial charge is 0.508 e. The van der Waals surface area contributed by atoms with Crippen molar-refractivity contribution in [1.82, 2.24) is 4.90 Å². The first-order valence-corrected chi connectivity index (χ1v) is 10.7. The highest BCUT2D eigenvalue weighted by Crippen LogP contribution is 2.38. The van der Waals surface area contributed by atoms with Crippen LogP contribution in [0.3, 0.4) is 0 Å². The van der Waals surface area contributed by atoms with Gasteiger partial charge in [0.05, 0.1) is 6.04 Å². The monoisotopic (exact) mass is 427 g/mol. The van der Waals surface area contributed by atoms with Crippen LogP contribution in [0.5, 0.6) is 17.2 Å². The summed E-state index contributed by atoms with van der Waals surface area (Å²) in [5, 5.41) is 19.8. The summed E-state index contributed by atoms with van der Waals surface area (Å²) in [7, 11) is 0. The Bertz CT molecular complexity index is 914. The topological polar surface area (TPSA) is 79.2 Å². The molecule has 1 heterocycles. The van der Waals surface area contributed by atoms with Crippen LogP contribution in [0.1, 0.15) is 58.6 Å². The van der Waals surface area contributed by atoms with E-state index in [9.17, 15) is 15.0 Å². The summed E-state index contributed by atoms with van der Waals surface area (Å²) < 4.78 is 11.5. The molecule has 2 aromatic carbocycles. The Kier molecular flexibility index (Phi) is 6.39. The number of carbonyl (C=O) groups is 1. The van der Waals surface area contributed by atoms with Crippen molar-refractivity contribution in [2.75, 3.05) is 13.2 Å². The smallest absolute Gasteiger partial charge is 0.410 e. The average molecular weight is 428 g/mol. The van der Waals surface area contributed by atoms with Crippen LogP contribution >= 0.6 is 0 Å². The molecule has 168 valence electrons. The Hall–Kier alpha value is -2.89. The van der Waals surface area contributed by atoms with Crippen LogP contribution in [0, 0.1) is 0 Å². The molecule has 2 aromatic rings. The van der Waals surface area contributed by atoms with E-state index in [0.29, 0.717) is 13.2 Å². The van der Waals surface area contributed by atoms with Gasteiger partial charge in [0.15, 0.2) is 0 Å². The van der Waals surface area contributed by atoms with Gasteiger partial charge in [0.1, 0.15) is 29.5 Å². The van der Waals surface area contributed by atoms with E-state index in [1.165, 1.54) is 6.07 Å². The maximum absolute atomic E-state index is 12.4. The summed E-state index contributed by atoms with van der Waals surface area (Å²) >= 11 is 0. The second-order valence-corrected chi connectivity index (χ2v) is 9.63. The lowest BCUT2D eigenvalue weighted by atomic mass is 9.77. The summed E-state index contributed by atoms with van der Waals surface area (Å²) in [6.45, 7) is 10.7. The first-order chi connectivity index (χ1) is 14.5. The lowest BCUT2D eigenvalue weighted by Gasteiger charge is -2.29. The van der Waals surface area contributed by atoms with Gasteiger partial charge in [-0.25, -0.2) is 4.79 Å². The van der Waals surface area contributed by atoms with Crippen molar-refractivity contribution < 1.29 is 24.5 Å². The van der Waals surface area contributed by atoms with Crippen LogP contribution in [0.15, 0.2) is 42.5 Å². The Balaban J connectivity index is 1.65. The van der Waals surface area contributed by atoms with E-state index >= 15 is 0 Å². The second kappa shape index (κ2) is 8.69. The van der Waals surface area contributed by atoms with E-state index in [4.69, 9.17) is 9.47 Å². The summed E-state index contributed by atoms with van der Waals surface area (Å²) in [5.41, 5.74) is 0.782. The molecule has 1 aliphatic heterocycles. The number of aromatic hydroxyl groups is 2. The fourth-order valence-corrected chi connectivity index (χ4v) is 3.93. The highest BCUT2D eigenvalue weighted by Gasteiger charge is 2.32. The van der Waals surface area contributed by atoms with Gasteiger partial charge in [-0.2, -0.15) is 0 Å². The maximum atomic E-state index is 12.4. The van der Waals surface area contributed by atoms with Crippen LogP contribution in [-0.2, 0) is 10.2 Å². The molecule has 0 spiro atoms. The summed E-state index contributed by atoms with van der Waals surface area (Å²) in [5.74, 6) is 0.826. The zero-order valence-electron chi connectivity index (χ0n) is 19.0. The third-order valence-corrected chi connectivity index (χ3v) is 5.68. The molecule has 6 heteroatoms. The molecule has 1 saturated heterocycles. The molecule has 1 fully saturated rings. The van der Waals surface area contributed by atoms with E-state index in [1.807, 2.05) is 58.9 Å². The number of hydrogen-bond donors (Lipinski definition) is 2. The quantitative estimate of drug-likeness (QED) is 0.685. The number of phenolic OH excluding ortho intramolecular Hbond substituents is 2. The number of hydrogen-bond acceptors (Lipinski definition) is 5. The number of amides is 1. The molecular weight excluding hydrogens is 394 g/mol. The van der Waals surface area contributed by atoms with Gasteiger partial charge in [-0.05, 0) is 57.4 Å². The lowest BCUT2D eigenvalue weighted by Crippen LogP contribution is -2.42. The SMILES string of the molecule is CC(C)(C)OC(=O)N1CCC[C@@H]1COc1ccc(C(C)(C)c2ccc(O)cc2O)cc1. The number of benzene rings is 2. The van der Waals surface area contributed by atoms with Crippen LogP contribution in [0.2, 0.25) is 0 Å². The Morgan fingerprint density at radius 1 is 1.06 bits per heavy atom. The van der Waals surface area contributed by atoms with Gasteiger partial charge in [-0.1, -0.05) is 32.0 Å². The van der Waals surface area contributed by atoms with Gasteiger partial charge in [0.25, 0.3) is 0 Å². The predicted octanol–water partition coefficient (Wildman–Crippen LogP) is 5.20. The molecule has 1 atom stereocenters. The van der Waals surface area contributed by atoms with E-state index in [-0.39, 0.29) is 23.6 Å². The fourth-order valence-electron chi connectivity index (χ4n) is 3.93. The van der Waals surface area contributed by atoms with Crippen LogP contribution in [-0.4, -0.2) is 46.0 Å². The first-order valence-electron chi connectivity index (χ1n) is 10.7. The molecule has 31 heavy (non-hydrogen) atoms. The second-order valence-electron chi connectivity index (χ2n) is 9.63. The normalized spacial score (nSPS) is 16.9.